The zero-order valence-corrected chi connectivity index (χ0v) is 20.3. The van der Waals surface area contributed by atoms with Crippen molar-refractivity contribution in [3.05, 3.63) is 71.1 Å². The van der Waals surface area contributed by atoms with Crippen LogP contribution in [-0.4, -0.2) is 51.9 Å². The molecule has 0 N–H and O–H groups in total. The zero-order chi connectivity index (χ0) is 23.8. The van der Waals surface area contributed by atoms with Crippen LogP contribution in [-0.2, 0) is 19.9 Å². The molecule has 0 bridgehead atoms. The first kappa shape index (κ1) is 23.7. The second-order valence-electron chi connectivity index (χ2n) is 8.78. The van der Waals surface area contributed by atoms with E-state index in [0.717, 1.165) is 23.8 Å². The lowest BCUT2D eigenvalue weighted by Crippen LogP contribution is -2.41. The first-order chi connectivity index (χ1) is 15.6. The number of nitrogens with zero attached hydrogens (tertiary/aromatic N) is 2. The van der Waals surface area contributed by atoms with Crippen molar-refractivity contribution < 1.29 is 21.6 Å². The molecule has 0 saturated carbocycles. The van der Waals surface area contributed by atoms with Crippen LogP contribution >= 0.6 is 0 Å². The molecule has 1 fully saturated rings. The summed E-state index contributed by atoms with van der Waals surface area (Å²) in [5.74, 6) is -0.254. The van der Waals surface area contributed by atoms with Crippen molar-refractivity contribution in [1.82, 2.24) is 4.31 Å². The van der Waals surface area contributed by atoms with Gasteiger partial charge >= 0.3 is 0 Å². The first-order valence-corrected chi connectivity index (χ1v) is 14.2. The van der Waals surface area contributed by atoms with Gasteiger partial charge in [0.1, 0.15) is 0 Å². The topological polar surface area (TPSA) is 91.8 Å². The molecule has 0 aromatic heterocycles. The van der Waals surface area contributed by atoms with Crippen molar-refractivity contribution in [2.75, 3.05) is 23.7 Å². The number of hydrogen-bond donors (Lipinski definition) is 0. The summed E-state index contributed by atoms with van der Waals surface area (Å²) >= 11 is 0. The summed E-state index contributed by atoms with van der Waals surface area (Å²) in [5, 5.41) is 1.14. The van der Waals surface area contributed by atoms with Gasteiger partial charge in [-0.1, -0.05) is 26.0 Å². The second kappa shape index (κ2) is 9.04. The third-order valence-corrected chi connectivity index (χ3v) is 9.39. The summed E-state index contributed by atoms with van der Waals surface area (Å²) in [7, 11) is -6.96. The Morgan fingerprint density at radius 1 is 1.00 bits per heavy atom. The van der Waals surface area contributed by atoms with Gasteiger partial charge in [-0.3, -0.25) is 4.79 Å². The quantitative estimate of drug-likeness (QED) is 0.620. The van der Waals surface area contributed by atoms with Gasteiger partial charge in [0.15, 0.2) is 9.84 Å². The Hall–Kier alpha value is -2.49. The molecule has 4 rings (SSSR count). The summed E-state index contributed by atoms with van der Waals surface area (Å²) in [6, 6.07) is 12.7. The maximum Gasteiger partial charge on any atom is 0.258 e. The minimum absolute atomic E-state index is 0.150. The van der Waals surface area contributed by atoms with Crippen LogP contribution in [0.4, 0.5) is 5.69 Å². The summed E-state index contributed by atoms with van der Waals surface area (Å²) < 4.78 is 51.2. The van der Waals surface area contributed by atoms with Gasteiger partial charge in [-0.2, -0.15) is 4.31 Å². The van der Waals surface area contributed by atoms with Gasteiger partial charge in [0.2, 0.25) is 10.0 Å². The van der Waals surface area contributed by atoms with E-state index in [-0.39, 0.29) is 16.6 Å². The number of anilines is 1. The van der Waals surface area contributed by atoms with Gasteiger partial charge in [0, 0.05) is 29.7 Å². The summed E-state index contributed by atoms with van der Waals surface area (Å²) in [5.41, 5.74) is 1.99. The Morgan fingerprint density at radius 3 is 2.12 bits per heavy atom. The van der Waals surface area contributed by atoms with Crippen LogP contribution in [0.5, 0.6) is 0 Å². The number of benzene rings is 2. The Bertz CT molecular complexity index is 1260. The van der Waals surface area contributed by atoms with Crippen molar-refractivity contribution >= 4 is 31.5 Å². The highest BCUT2D eigenvalue weighted by Gasteiger charge is 2.33. The molecule has 0 aliphatic carbocycles. The van der Waals surface area contributed by atoms with Crippen molar-refractivity contribution in [1.29, 1.82) is 0 Å². The highest BCUT2D eigenvalue weighted by Crippen LogP contribution is 2.28. The summed E-state index contributed by atoms with van der Waals surface area (Å²) in [6.45, 7) is 5.15. The molecule has 2 aliphatic rings. The molecule has 2 heterocycles. The van der Waals surface area contributed by atoms with E-state index in [9.17, 15) is 21.6 Å². The number of sulfone groups is 1. The highest BCUT2D eigenvalue weighted by molar-refractivity contribution is 7.94. The first-order valence-electron chi connectivity index (χ1n) is 11.0. The molecule has 176 valence electrons. The van der Waals surface area contributed by atoms with Gasteiger partial charge in [0.25, 0.3) is 5.91 Å². The van der Waals surface area contributed by atoms with Gasteiger partial charge in [-0.15, -0.1) is 0 Å². The molecule has 0 spiro atoms. The predicted octanol–water partition coefficient (Wildman–Crippen LogP) is 3.55. The minimum Gasteiger partial charge on any atom is -0.300 e. The van der Waals surface area contributed by atoms with Crippen LogP contribution in [0.1, 0.15) is 48.5 Å². The number of hydrogen-bond acceptors (Lipinski definition) is 5. The zero-order valence-electron chi connectivity index (χ0n) is 18.7. The van der Waals surface area contributed by atoms with Crippen molar-refractivity contribution in [2.24, 2.45) is 0 Å². The predicted molar refractivity (Wildman–Crippen MR) is 128 cm³/mol. The average Bonchev–Trinajstić information content (AvgIpc) is 3.45. The van der Waals surface area contributed by atoms with Crippen molar-refractivity contribution in [2.45, 2.75) is 43.5 Å². The van der Waals surface area contributed by atoms with Crippen LogP contribution in [0.3, 0.4) is 0 Å². The largest absolute Gasteiger partial charge is 0.300 e. The van der Waals surface area contributed by atoms with E-state index in [2.05, 4.69) is 13.8 Å². The fraction of sp³-hybridized carbons (Fsp3) is 0.375. The molecule has 2 aliphatic heterocycles. The number of carbonyl (C=O) groups excluding carboxylic acids is 1. The normalized spacial score (nSPS) is 20.4. The lowest BCUT2D eigenvalue weighted by Gasteiger charge is -2.28. The number of sulfonamides is 1. The molecule has 2 aromatic carbocycles. The van der Waals surface area contributed by atoms with E-state index in [1.54, 1.807) is 0 Å². The standard InChI is InChI=1S/C24H28N2O5S2/c1-18(2)19-5-9-21(10-6-19)26(22-13-16-32(28,29)17-22)24(27)20-7-11-23(12-8-20)33(30,31)25-14-3-4-15-25/h5-13,16,18,22H,3-4,14-15,17H2,1-2H3. The van der Waals surface area contributed by atoms with Gasteiger partial charge in [-0.05, 0) is 66.8 Å². The van der Waals surface area contributed by atoms with Gasteiger partial charge < -0.3 is 4.90 Å². The van der Waals surface area contributed by atoms with E-state index in [4.69, 9.17) is 0 Å². The number of rotatable bonds is 6. The van der Waals surface area contributed by atoms with Gasteiger partial charge in [0.05, 0.1) is 16.7 Å². The summed E-state index contributed by atoms with van der Waals surface area (Å²) in [4.78, 5) is 15.1. The number of carbonyl (C=O) groups is 1. The van der Waals surface area contributed by atoms with E-state index in [1.165, 1.54) is 39.5 Å². The molecule has 33 heavy (non-hydrogen) atoms. The fourth-order valence-corrected chi connectivity index (χ4v) is 6.97. The number of amides is 1. The smallest absolute Gasteiger partial charge is 0.258 e. The Morgan fingerprint density at radius 2 is 1.61 bits per heavy atom. The van der Waals surface area contributed by atoms with Crippen LogP contribution in [0, 0.1) is 0 Å². The highest BCUT2D eigenvalue weighted by atomic mass is 32.2. The molecule has 9 heteroatoms. The van der Waals surface area contributed by atoms with Gasteiger partial charge in [-0.25, -0.2) is 16.8 Å². The van der Waals surface area contributed by atoms with E-state index >= 15 is 0 Å². The maximum atomic E-state index is 13.5. The molecular formula is C24H28N2O5S2. The van der Waals surface area contributed by atoms with Crippen LogP contribution in [0.2, 0.25) is 0 Å². The monoisotopic (exact) mass is 488 g/mol. The lowest BCUT2D eigenvalue weighted by molar-refractivity contribution is 0.0983. The lowest BCUT2D eigenvalue weighted by atomic mass is 10.0. The van der Waals surface area contributed by atoms with Crippen molar-refractivity contribution in [3.63, 3.8) is 0 Å². The Kier molecular flexibility index (Phi) is 6.48. The van der Waals surface area contributed by atoms with Crippen molar-refractivity contribution in [3.8, 4) is 0 Å². The Labute approximate surface area is 195 Å². The SMILES string of the molecule is CC(C)c1ccc(N(C(=O)c2ccc(S(=O)(=O)N3CCCC3)cc2)C2C=CS(=O)(=O)C2)cc1. The van der Waals surface area contributed by atoms with Crippen LogP contribution < -0.4 is 4.90 Å². The maximum absolute atomic E-state index is 13.5. The third-order valence-electron chi connectivity index (χ3n) is 6.10. The minimum atomic E-state index is -3.58. The summed E-state index contributed by atoms with van der Waals surface area (Å²) in [6.07, 6.45) is 3.21. The second-order valence-corrected chi connectivity index (χ2v) is 12.7. The average molecular weight is 489 g/mol. The molecule has 2 aromatic rings. The molecule has 1 unspecified atom stereocenters. The van der Waals surface area contributed by atoms with E-state index < -0.39 is 25.9 Å². The molecule has 0 radical (unpaired) electrons. The van der Waals surface area contributed by atoms with Crippen LogP contribution in [0.25, 0.3) is 0 Å². The van der Waals surface area contributed by atoms with E-state index in [0.29, 0.717) is 30.3 Å². The Balaban J connectivity index is 1.65. The molecule has 1 saturated heterocycles. The molecule has 7 nitrogen and oxygen atoms in total. The molecule has 1 atom stereocenters. The molecule has 1 amide bonds. The molecular weight excluding hydrogens is 460 g/mol. The fourth-order valence-electron chi connectivity index (χ4n) is 4.19. The van der Waals surface area contributed by atoms with E-state index in [1.807, 2.05) is 24.3 Å². The third kappa shape index (κ3) is 4.90. The van der Waals surface area contributed by atoms with Crippen LogP contribution in [0.15, 0.2) is 64.9 Å².